The van der Waals surface area contributed by atoms with E-state index in [1.54, 1.807) is 0 Å². The molecule has 0 aromatic heterocycles. The molecule has 2 rings (SSSR count). The number of hydrogen-bond acceptors (Lipinski definition) is 3. The molecule has 1 atom stereocenters. The summed E-state index contributed by atoms with van der Waals surface area (Å²) in [5, 5.41) is 0. The molecule has 1 saturated carbocycles. The molecule has 3 heteroatoms. The minimum absolute atomic E-state index is 0.124. The van der Waals surface area contributed by atoms with Crippen molar-refractivity contribution >= 4 is 5.78 Å². The molecule has 0 N–H and O–H groups in total. The second-order valence-corrected chi connectivity index (χ2v) is 4.13. The molecule has 1 saturated heterocycles. The average molecular weight is 170 g/mol. The van der Waals surface area contributed by atoms with E-state index in [1.807, 2.05) is 13.8 Å². The van der Waals surface area contributed by atoms with Crippen LogP contribution in [0.15, 0.2) is 0 Å². The Morgan fingerprint density at radius 2 is 2.17 bits per heavy atom. The van der Waals surface area contributed by atoms with E-state index in [-0.39, 0.29) is 17.6 Å². The molecule has 1 aliphatic carbocycles. The molecule has 1 aliphatic heterocycles. The van der Waals surface area contributed by atoms with E-state index >= 15 is 0 Å². The van der Waals surface area contributed by atoms with Crippen molar-refractivity contribution in [3.63, 3.8) is 0 Å². The standard InChI is InChI=1S/C9H14O3/c1-9(2)7(10)3-8(9)12-6-4-11-5-6/h6,8H,3-5H2,1-2H3. The Hall–Kier alpha value is -0.410. The van der Waals surface area contributed by atoms with Gasteiger partial charge in [-0.05, 0) is 0 Å². The SMILES string of the molecule is CC1(C)C(=O)CC1OC1COC1. The predicted molar refractivity (Wildman–Crippen MR) is 42.9 cm³/mol. The Bertz CT molecular complexity index is 206. The van der Waals surface area contributed by atoms with Crippen molar-refractivity contribution in [1.29, 1.82) is 0 Å². The molecule has 1 heterocycles. The first-order valence-electron chi connectivity index (χ1n) is 4.37. The van der Waals surface area contributed by atoms with Crippen molar-refractivity contribution in [2.24, 2.45) is 5.41 Å². The van der Waals surface area contributed by atoms with Gasteiger partial charge in [-0.1, -0.05) is 13.8 Å². The van der Waals surface area contributed by atoms with E-state index in [2.05, 4.69) is 0 Å². The third kappa shape index (κ3) is 1.08. The van der Waals surface area contributed by atoms with Crippen LogP contribution >= 0.6 is 0 Å². The maximum absolute atomic E-state index is 11.1. The van der Waals surface area contributed by atoms with Gasteiger partial charge in [-0.3, -0.25) is 4.79 Å². The van der Waals surface area contributed by atoms with E-state index in [0.29, 0.717) is 25.4 Å². The summed E-state index contributed by atoms with van der Waals surface area (Å²) < 4.78 is 10.7. The van der Waals surface area contributed by atoms with E-state index in [9.17, 15) is 4.79 Å². The number of Topliss-reactive ketones (excluding diaryl/α,β-unsaturated/α-hetero) is 1. The summed E-state index contributed by atoms with van der Waals surface area (Å²) in [5.41, 5.74) is -0.254. The van der Waals surface area contributed by atoms with Crippen LogP contribution in [0.2, 0.25) is 0 Å². The van der Waals surface area contributed by atoms with Crippen molar-refractivity contribution in [3.8, 4) is 0 Å². The summed E-state index contributed by atoms with van der Waals surface area (Å²) in [4.78, 5) is 11.1. The van der Waals surface area contributed by atoms with Crippen molar-refractivity contribution in [2.75, 3.05) is 13.2 Å². The molecule has 2 fully saturated rings. The molecule has 3 nitrogen and oxygen atoms in total. The fraction of sp³-hybridized carbons (Fsp3) is 0.889. The minimum Gasteiger partial charge on any atom is -0.376 e. The van der Waals surface area contributed by atoms with Crippen LogP contribution in [0, 0.1) is 5.41 Å². The van der Waals surface area contributed by atoms with Gasteiger partial charge in [0.25, 0.3) is 0 Å². The normalized spacial score (nSPS) is 34.2. The van der Waals surface area contributed by atoms with Gasteiger partial charge in [0.1, 0.15) is 11.9 Å². The Balaban J connectivity index is 1.86. The van der Waals surface area contributed by atoms with Crippen molar-refractivity contribution in [3.05, 3.63) is 0 Å². The number of carbonyl (C=O) groups excluding carboxylic acids is 1. The van der Waals surface area contributed by atoms with Crippen LogP contribution in [0.3, 0.4) is 0 Å². The van der Waals surface area contributed by atoms with Crippen LogP contribution in [-0.2, 0) is 14.3 Å². The molecule has 0 spiro atoms. The highest BCUT2D eigenvalue weighted by atomic mass is 16.6. The molecule has 1 unspecified atom stereocenters. The average Bonchev–Trinajstić information content (AvgIpc) is 1.93. The lowest BCUT2D eigenvalue weighted by atomic mass is 9.68. The smallest absolute Gasteiger partial charge is 0.143 e. The largest absolute Gasteiger partial charge is 0.376 e. The lowest BCUT2D eigenvalue weighted by Crippen LogP contribution is -2.55. The molecule has 12 heavy (non-hydrogen) atoms. The summed E-state index contributed by atoms with van der Waals surface area (Å²) in [5.74, 6) is 0.313. The molecule has 68 valence electrons. The van der Waals surface area contributed by atoms with Crippen molar-refractivity contribution in [1.82, 2.24) is 0 Å². The summed E-state index contributed by atoms with van der Waals surface area (Å²) >= 11 is 0. The zero-order valence-electron chi connectivity index (χ0n) is 7.50. The topological polar surface area (TPSA) is 35.5 Å². The second-order valence-electron chi connectivity index (χ2n) is 4.13. The van der Waals surface area contributed by atoms with E-state index in [4.69, 9.17) is 9.47 Å². The summed E-state index contributed by atoms with van der Waals surface area (Å²) in [6, 6.07) is 0. The minimum atomic E-state index is -0.254. The van der Waals surface area contributed by atoms with Crippen LogP contribution in [-0.4, -0.2) is 31.2 Å². The molecule has 0 aromatic carbocycles. The number of ketones is 1. The highest BCUT2D eigenvalue weighted by Gasteiger charge is 2.49. The molecule has 0 radical (unpaired) electrons. The Morgan fingerprint density at radius 3 is 2.50 bits per heavy atom. The van der Waals surface area contributed by atoms with Crippen LogP contribution < -0.4 is 0 Å². The predicted octanol–water partition coefficient (Wildman–Crippen LogP) is 0.769. The van der Waals surface area contributed by atoms with Crippen LogP contribution in [0.4, 0.5) is 0 Å². The number of carbonyl (C=O) groups is 1. The third-order valence-corrected chi connectivity index (χ3v) is 2.86. The van der Waals surface area contributed by atoms with Crippen LogP contribution in [0.25, 0.3) is 0 Å². The lowest BCUT2D eigenvalue weighted by molar-refractivity contribution is -0.202. The fourth-order valence-corrected chi connectivity index (χ4v) is 1.48. The Kier molecular flexibility index (Phi) is 1.73. The van der Waals surface area contributed by atoms with Crippen molar-refractivity contribution < 1.29 is 14.3 Å². The van der Waals surface area contributed by atoms with Gasteiger partial charge in [0.2, 0.25) is 0 Å². The maximum Gasteiger partial charge on any atom is 0.143 e. The zero-order valence-corrected chi connectivity index (χ0v) is 7.50. The molecule has 0 bridgehead atoms. The zero-order chi connectivity index (χ0) is 8.77. The lowest BCUT2D eigenvalue weighted by Gasteiger charge is -2.45. The van der Waals surface area contributed by atoms with Gasteiger partial charge < -0.3 is 9.47 Å². The van der Waals surface area contributed by atoms with Gasteiger partial charge in [-0.25, -0.2) is 0 Å². The fourth-order valence-electron chi connectivity index (χ4n) is 1.48. The summed E-state index contributed by atoms with van der Waals surface area (Å²) in [7, 11) is 0. The molecule has 2 aliphatic rings. The second kappa shape index (κ2) is 2.54. The van der Waals surface area contributed by atoms with Gasteiger partial charge in [0.05, 0.1) is 24.7 Å². The Morgan fingerprint density at radius 1 is 1.50 bits per heavy atom. The first-order valence-corrected chi connectivity index (χ1v) is 4.37. The van der Waals surface area contributed by atoms with Crippen LogP contribution in [0.5, 0.6) is 0 Å². The van der Waals surface area contributed by atoms with E-state index < -0.39 is 0 Å². The number of ether oxygens (including phenoxy) is 2. The van der Waals surface area contributed by atoms with Gasteiger partial charge in [-0.2, -0.15) is 0 Å². The van der Waals surface area contributed by atoms with Gasteiger partial charge >= 0.3 is 0 Å². The first kappa shape index (κ1) is 8.20. The maximum atomic E-state index is 11.1. The molecule has 0 aromatic rings. The van der Waals surface area contributed by atoms with Gasteiger partial charge in [0, 0.05) is 6.42 Å². The quantitative estimate of drug-likeness (QED) is 0.614. The molecular weight excluding hydrogens is 156 g/mol. The Labute approximate surface area is 72.0 Å². The third-order valence-electron chi connectivity index (χ3n) is 2.86. The van der Waals surface area contributed by atoms with Gasteiger partial charge in [-0.15, -0.1) is 0 Å². The monoisotopic (exact) mass is 170 g/mol. The van der Waals surface area contributed by atoms with E-state index in [0.717, 1.165) is 0 Å². The number of hydrogen-bond donors (Lipinski definition) is 0. The van der Waals surface area contributed by atoms with E-state index in [1.165, 1.54) is 0 Å². The molecular formula is C9H14O3. The highest BCUT2D eigenvalue weighted by molar-refractivity contribution is 5.91. The summed E-state index contributed by atoms with van der Waals surface area (Å²) in [6.07, 6.45) is 0.949. The summed E-state index contributed by atoms with van der Waals surface area (Å²) in [6.45, 7) is 5.29. The number of rotatable bonds is 2. The van der Waals surface area contributed by atoms with Gasteiger partial charge in [0.15, 0.2) is 0 Å². The van der Waals surface area contributed by atoms with Crippen LogP contribution in [0.1, 0.15) is 20.3 Å². The van der Waals surface area contributed by atoms with Crippen molar-refractivity contribution in [2.45, 2.75) is 32.5 Å². The highest BCUT2D eigenvalue weighted by Crippen LogP contribution is 2.39. The first-order chi connectivity index (χ1) is 5.60. The molecule has 0 amide bonds.